The topological polar surface area (TPSA) is 45.7 Å². The lowest BCUT2D eigenvalue weighted by molar-refractivity contribution is 0.192. The number of unbranched alkanes of at least 4 members (excludes halogenated alkanes) is 2. The van der Waals surface area contributed by atoms with E-state index >= 15 is 0 Å². The van der Waals surface area contributed by atoms with E-state index in [4.69, 9.17) is 4.74 Å². The minimum absolute atomic E-state index is 0.607. The summed E-state index contributed by atoms with van der Waals surface area (Å²) in [6.45, 7) is 4.21. The molecule has 0 aromatic heterocycles. The highest BCUT2D eigenvalue weighted by Crippen LogP contribution is 2.23. The molecule has 1 aliphatic carbocycles. The van der Waals surface area contributed by atoms with Gasteiger partial charge in [0.2, 0.25) is 0 Å². The molecule has 0 saturated heterocycles. The Kier molecular flexibility index (Phi) is 8.63. The van der Waals surface area contributed by atoms with Crippen LogP contribution in [-0.4, -0.2) is 39.3 Å². The molecular formula is C15H31N3O. The Morgan fingerprint density at radius 1 is 1.16 bits per heavy atom. The zero-order valence-corrected chi connectivity index (χ0v) is 12.9. The summed E-state index contributed by atoms with van der Waals surface area (Å²) >= 11 is 0. The third-order valence-electron chi connectivity index (χ3n) is 3.90. The van der Waals surface area contributed by atoms with Gasteiger partial charge in [0.05, 0.1) is 0 Å². The van der Waals surface area contributed by atoms with E-state index in [2.05, 4.69) is 22.5 Å². The summed E-state index contributed by atoms with van der Waals surface area (Å²) in [7, 11) is 3.61. The SMILES string of the molecule is CN=C(NCCCCCOC)NC1CCC(C)CC1. The third kappa shape index (κ3) is 7.41. The maximum absolute atomic E-state index is 5.04. The summed E-state index contributed by atoms with van der Waals surface area (Å²) < 4.78 is 5.04. The number of methoxy groups -OCH3 is 1. The van der Waals surface area contributed by atoms with Crippen LogP contribution < -0.4 is 10.6 Å². The van der Waals surface area contributed by atoms with Crippen LogP contribution >= 0.6 is 0 Å². The Bertz CT molecular complexity index is 248. The van der Waals surface area contributed by atoms with Crippen molar-refractivity contribution < 1.29 is 4.74 Å². The zero-order valence-electron chi connectivity index (χ0n) is 12.9. The highest BCUT2D eigenvalue weighted by atomic mass is 16.5. The maximum Gasteiger partial charge on any atom is 0.191 e. The molecule has 2 N–H and O–H groups in total. The molecule has 0 aromatic carbocycles. The molecule has 4 nitrogen and oxygen atoms in total. The van der Waals surface area contributed by atoms with Crippen LogP contribution in [0.3, 0.4) is 0 Å². The minimum atomic E-state index is 0.607. The second kappa shape index (κ2) is 10.1. The van der Waals surface area contributed by atoms with Crippen LogP contribution in [0, 0.1) is 5.92 Å². The summed E-state index contributed by atoms with van der Waals surface area (Å²) in [5.41, 5.74) is 0. The first-order chi connectivity index (χ1) is 9.26. The van der Waals surface area contributed by atoms with Crippen LogP contribution in [0.1, 0.15) is 51.9 Å². The molecule has 4 heteroatoms. The van der Waals surface area contributed by atoms with E-state index in [9.17, 15) is 0 Å². The molecule has 0 heterocycles. The number of nitrogens with one attached hydrogen (secondary N) is 2. The van der Waals surface area contributed by atoms with Gasteiger partial charge < -0.3 is 15.4 Å². The largest absolute Gasteiger partial charge is 0.385 e. The van der Waals surface area contributed by atoms with Crippen molar-refractivity contribution in [1.82, 2.24) is 10.6 Å². The molecular weight excluding hydrogens is 238 g/mol. The fourth-order valence-electron chi connectivity index (χ4n) is 2.55. The third-order valence-corrected chi connectivity index (χ3v) is 3.90. The van der Waals surface area contributed by atoms with Gasteiger partial charge in [0.25, 0.3) is 0 Å². The number of hydrogen-bond donors (Lipinski definition) is 2. The number of ether oxygens (including phenoxy) is 1. The number of guanidine groups is 1. The first-order valence-electron chi connectivity index (χ1n) is 7.72. The van der Waals surface area contributed by atoms with E-state index in [1.54, 1.807) is 7.11 Å². The van der Waals surface area contributed by atoms with Crippen molar-refractivity contribution in [3.63, 3.8) is 0 Å². The van der Waals surface area contributed by atoms with Gasteiger partial charge in [-0.3, -0.25) is 4.99 Å². The van der Waals surface area contributed by atoms with E-state index in [0.717, 1.165) is 31.4 Å². The van der Waals surface area contributed by atoms with Crippen molar-refractivity contribution in [2.75, 3.05) is 27.3 Å². The van der Waals surface area contributed by atoms with Crippen molar-refractivity contribution >= 4 is 5.96 Å². The quantitative estimate of drug-likeness (QED) is 0.424. The predicted molar refractivity (Wildman–Crippen MR) is 81.6 cm³/mol. The molecule has 0 spiro atoms. The molecule has 1 saturated carbocycles. The Balaban J connectivity index is 2.09. The molecule has 0 atom stereocenters. The van der Waals surface area contributed by atoms with Gasteiger partial charge in [-0.25, -0.2) is 0 Å². The van der Waals surface area contributed by atoms with Gasteiger partial charge in [0, 0.05) is 33.4 Å². The van der Waals surface area contributed by atoms with Crippen LogP contribution in [0.4, 0.5) is 0 Å². The fourth-order valence-corrected chi connectivity index (χ4v) is 2.55. The first kappa shape index (κ1) is 16.3. The van der Waals surface area contributed by atoms with Crippen molar-refractivity contribution in [1.29, 1.82) is 0 Å². The van der Waals surface area contributed by atoms with Crippen molar-refractivity contribution in [2.24, 2.45) is 10.9 Å². The van der Waals surface area contributed by atoms with E-state index < -0.39 is 0 Å². The van der Waals surface area contributed by atoms with Gasteiger partial charge >= 0.3 is 0 Å². The molecule has 0 aromatic rings. The van der Waals surface area contributed by atoms with Gasteiger partial charge in [-0.2, -0.15) is 0 Å². The minimum Gasteiger partial charge on any atom is -0.385 e. The van der Waals surface area contributed by atoms with Crippen LogP contribution in [0.5, 0.6) is 0 Å². The van der Waals surface area contributed by atoms with E-state index in [-0.39, 0.29) is 0 Å². The molecule has 1 rings (SSSR count). The molecule has 0 unspecified atom stereocenters. The Hall–Kier alpha value is -0.770. The highest BCUT2D eigenvalue weighted by Gasteiger charge is 2.18. The van der Waals surface area contributed by atoms with Gasteiger partial charge in [0.15, 0.2) is 5.96 Å². The molecule has 0 amide bonds. The van der Waals surface area contributed by atoms with Gasteiger partial charge in [-0.05, 0) is 50.9 Å². The number of aliphatic imine (C=N–C) groups is 1. The lowest BCUT2D eigenvalue weighted by atomic mass is 9.87. The number of hydrogen-bond acceptors (Lipinski definition) is 2. The summed E-state index contributed by atoms with van der Waals surface area (Å²) in [5, 5.41) is 6.95. The molecule has 19 heavy (non-hydrogen) atoms. The van der Waals surface area contributed by atoms with Crippen LogP contribution in [-0.2, 0) is 4.74 Å². The second-order valence-electron chi connectivity index (χ2n) is 5.65. The average molecular weight is 269 g/mol. The second-order valence-corrected chi connectivity index (χ2v) is 5.65. The predicted octanol–water partition coefficient (Wildman–Crippen LogP) is 2.55. The number of rotatable bonds is 7. The lowest BCUT2D eigenvalue weighted by Gasteiger charge is -2.28. The van der Waals surface area contributed by atoms with Crippen LogP contribution in [0.2, 0.25) is 0 Å². The Morgan fingerprint density at radius 2 is 1.89 bits per heavy atom. The zero-order chi connectivity index (χ0) is 13.9. The lowest BCUT2D eigenvalue weighted by Crippen LogP contribution is -2.44. The van der Waals surface area contributed by atoms with Crippen LogP contribution in [0.25, 0.3) is 0 Å². The summed E-state index contributed by atoms with van der Waals surface area (Å²) in [4.78, 5) is 4.30. The van der Waals surface area contributed by atoms with Gasteiger partial charge in [-0.15, -0.1) is 0 Å². The van der Waals surface area contributed by atoms with Gasteiger partial charge in [-0.1, -0.05) is 6.92 Å². The monoisotopic (exact) mass is 269 g/mol. The van der Waals surface area contributed by atoms with E-state index in [1.165, 1.54) is 38.5 Å². The standard InChI is InChI=1S/C15H31N3O/c1-13-7-9-14(10-8-13)18-15(16-2)17-11-5-4-6-12-19-3/h13-14H,4-12H2,1-3H3,(H2,16,17,18). The first-order valence-corrected chi connectivity index (χ1v) is 7.72. The normalized spacial score (nSPS) is 24.3. The van der Waals surface area contributed by atoms with E-state index in [1.807, 2.05) is 7.05 Å². The maximum atomic E-state index is 5.04. The Labute approximate surface area is 118 Å². The Morgan fingerprint density at radius 3 is 2.53 bits per heavy atom. The fraction of sp³-hybridized carbons (Fsp3) is 0.933. The van der Waals surface area contributed by atoms with Crippen LogP contribution in [0.15, 0.2) is 4.99 Å². The summed E-state index contributed by atoms with van der Waals surface area (Å²) in [6.07, 6.45) is 8.75. The molecule has 0 aliphatic heterocycles. The molecule has 1 fully saturated rings. The van der Waals surface area contributed by atoms with Gasteiger partial charge in [0.1, 0.15) is 0 Å². The van der Waals surface area contributed by atoms with E-state index in [0.29, 0.717) is 6.04 Å². The molecule has 0 radical (unpaired) electrons. The van der Waals surface area contributed by atoms with Crippen molar-refractivity contribution in [2.45, 2.75) is 57.9 Å². The summed E-state index contributed by atoms with van der Waals surface area (Å²) in [5.74, 6) is 1.86. The molecule has 1 aliphatic rings. The molecule has 0 bridgehead atoms. The molecule has 112 valence electrons. The smallest absolute Gasteiger partial charge is 0.191 e. The highest BCUT2D eigenvalue weighted by molar-refractivity contribution is 5.79. The summed E-state index contributed by atoms with van der Waals surface area (Å²) in [6, 6.07) is 0.607. The number of nitrogens with zero attached hydrogens (tertiary/aromatic N) is 1. The van der Waals surface area contributed by atoms with Crippen molar-refractivity contribution in [3.05, 3.63) is 0 Å². The van der Waals surface area contributed by atoms with Crippen molar-refractivity contribution in [3.8, 4) is 0 Å². The average Bonchev–Trinajstić information content (AvgIpc) is 2.43.